The fraction of sp³-hybridized carbons (Fsp3) is 0.755. The Morgan fingerprint density at radius 2 is 0.772 bits per heavy atom. The molecular weight excluding hydrogens is 699 g/mol. The Morgan fingerprint density at radius 1 is 0.439 bits per heavy atom. The summed E-state index contributed by atoms with van der Waals surface area (Å²) >= 11 is 0. The van der Waals surface area contributed by atoms with Crippen LogP contribution in [-0.2, 0) is 4.79 Å². The minimum Gasteiger partial charge on any atom is -0.394 e. The van der Waals surface area contributed by atoms with Gasteiger partial charge in [-0.1, -0.05) is 241 Å². The summed E-state index contributed by atoms with van der Waals surface area (Å²) in [6.45, 7) is 4.14. The molecule has 0 aliphatic carbocycles. The summed E-state index contributed by atoms with van der Waals surface area (Å²) < 4.78 is 0. The molecule has 0 aromatic heterocycles. The van der Waals surface area contributed by atoms with Crippen molar-refractivity contribution < 1.29 is 15.0 Å². The van der Waals surface area contributed by atoms with Crippen LogP contribution in [0.25, 0.3) is 0 Å². The number of carbonyl (C=O) groups is 1. The molecule has 0 aromatic rings. The van der Waals surface area contributed by atoms with Gasteiger partial charge in [0.2, 0.25) is 5.91 Å². The van der Waals surface area contributed by atoms with Gasteiger partial charge in [0.05, 0.1) is 18.8 Å². The van der Waals surface area contributed by atoms with E-state index in [0.717, 1.165) is 70.6 Å². The molecule has 4 heteroatoms. The van der Waals surface area contributed by atoms with E-state index < -0.39 is 12.1 Å². The van der Waals surface area contributed by atoms with Crippen LogP contribution in [0.2, 0.25) is 0 Å². The molecule has 0 aliphatic heterocycles. The smallest absolute Gasteiger partial charge is 0.220 e. The van der Waals surface area contributed by atoms with Crippen molar-refractivity contribution in [3.63, 3.8) is 0 Å². The van der Waals surface area contributed by atoms with Crippen LogP contribution in [0.15, 0.2) is 72.9 Å². The predicted octanol–water partition coefficient (Wildman–Crippen LogP) is 15.9. The lowest BCUT2D eigenvalue weighted by Crippen LogP contribution is -2.45. The van der Waals surface area contributed by atoms with Crippen molar-refractivity contribution in [3.05, 3.63) is 72.9 Å². The maximum absolute atomic E-state index is 12.3. The maximum Gasteiger partial charge on any atom is 0.220 e. The van der Waals surface area contributed by atoms with Crippen LogP contribution in [0, 0.1) is 0 Å². The number of allylic oxidation sites excluding steroid dienone is 12. The molecule has 0 spiro atoms. The number of rotatable bonds is 44. The molecule has 0 heterocycles. The molecule has 0 rings (SSSR count). The number of nitrogens with one attached hydrogen (secondary N) is 1. The third-order valence-corrected chi connectivity index (χ3v) is 11.0. The summed E-state index contributed by atoms with van der Waals surface area (Å²) in [6.07, 6.45) is 69.3. The second kappa shape index (κ2) is 48.2. The minimum atomic E-state index is -0.654. The SMILES string of the molecule is CC/C=C\C/C=C\C/C=C\C/C=C\C/C=C\C/C=C\CCCCCCCCCCCCCCCCCCCCCCCCC(=O)NC(CO)C(O)CCCCCC. The lowest BCUT2D eigenvalue weighted by atomic mass is 10.0. The van der Waals surface area contributed by atoms with Crippen LogP contribution in [0.1, 0.15) is 239 Å². The van der Waals surface area contributed by atoms with Gasteiger partial charge in [-0.2, -0.15) is 0 Å². The van der Waals surface area contributed by atoms with Crippen LogP contribution in [-0.4, -0.2) is 34.9 Å². The Kier molecular flexibility index (Phi) is 46.4. The van der Waals surface area contributed by atoms with Crippen LogP contribution in [0.3, 0.4) is 0 Å². The van der Waals surface area contributed by atoms with Gasteiger partial charge < -0.3 is 15.5 Å². The highest BCUT2D eigenvalue weighted by molar-refractivity contribution is 5.76. The van der Waals surface area contributed by atoms with E-state index in [1.165, 1.54) is 141 Å². The van der Waals surface area contributed by atoms with Crippen molar-refractivity contribution in [2.45, 2.75) is 251 Å². The Hall–Kier alpha value is -2.17. The van der Waals surface area contributed by atoms with Crippen LogP contribution in [0.4, 0.5) is 0 Å². The number of aliphatic hydroxyl groups is 2. The van der Waals surface area contributed by atoms with Crippen LogP contribution < -0.4 is 5.32 Å². The highest BCUT2D eigenvalue weighted by atomic mass is 16.3. The van der Waals surface area contributed by atoms with Gasteiger partial charge in [0, 0.05) is 6.42 Å². The van der Waals surface area contributed by atoms with Crippen molar-refractivity contribution in [3.8, 4) is 0 Å². The van der Waals surface area contributed by atoms with Crippen LogP contribution >= 0.6 is 0 Å². The molecule has 57 heavy (non-hydrogen) atoms. The third-order valence-electron chi connectivity index (χ3n) is 11.0. The number of amides is 1. The van der Waals surface area contributed by atoms with Crippen molar-refractivity contribution in [2.75, 3.05) is 6.61 Å². The van der Waals surface area contributed by atoms with Gasteiger partial charge in [-0.05, 0) is 64.2 Å². The first-order valence-electron chi connectivity index (χ1n) is 24.6. The monoisotopic (exact) mass is 794 g/mol. The molecular formula is C53H95NO3. The molecule has 2 unspecified atom stereocenters. The molecule has 0 fully saturated rings. The topological polar surface area (TPSA) is 69.6 Å². The van der Waals surface area contributed by atoms with Gasteiger partial charge in [-0.15, -0.1) is 0 Å². The molecule has 0 radical (unpaired) electrons. The van der Waals surface area contributed by atoms with Gasteiger partial charge in [0.15, 0.2) is 0 Å². The highest BCUT2D eigenvalue weighted by Crippen LogP contribution is 2.16. The standard InChI is InChI=1S/C53H95NO3/c1-3-5-7-9-10-11-12-13-14-15-16-17-18-19-20-21-22-23-24-25-26-27-28-29-30-31-32-33-34-35-36-37-38-39-40-41-42-43-44-45-47-49-53(57)54-51(50-55)52(56)48-46-8-6-4-2/h5,7,10-11,13-14,16-17,19-20,22-23,51-52,55-56H,3-4,6,8-9,12,15,18,21,24-50H2,1-2H3,(H,54,57)/b7-5-,11-10-,14-13-,17-16-,20-19-,23-22-. The molecule has 0 saturated heterocycles. The Morgan fingerprint density at radius 3 is 1.14 bits per heavy atom. The second-order valence-corrected chi connectivity index (χ2v) is 16.5. The Bertz CT molecular complexity index is 992. The van der Waals surface area contributed by atoms with E-state index in [1.54, 1.807) is 0 Å². The molecule has 1 amide bonds. The summed E-state index contributed by atoms with van der Waals surface area (Å²) in [6, 6.07) is -0.531. The zero-order chi connectivity index (χ0) is 41.4. The second-order valence-electron chi connectivity index (χ2n) is 16.5. The molecule has 330 valence electrons. The predicted molar refractivity (Wildman–Crippen MR) is 253 cm³/mol. The van der Waals surface area contributed by atoms with E-state index in [1.807, 2.05) is 0 Å². The average molecular weight is 794 g/mol. The molecule has 2 atom stereocenters. The lowest BCUT2D eigenvalue weighted by molar-refractivity contribution is -0.123. The van der Waals surface area contributed by atoms with E-state index in [2.05, 4.69) is 92.1 Å². The van der Waals surface area contributed by atoms with Gasteiger partial charge in [0.1, 0.15) is 0 Å². The first-order chi connectivity index (χ1) is 28.2. The normalized spacial score (nSPS) is 13.5. The third kappa shape index (κ3) is 44.8. The molecule has 3 N–H and O–H groups in total. The molecule has 4 nitrogen and oxygen atoms in total. The van der Waals surface area contributed by atoms with E-state index in [0.29, 0.717) is 12.8 Å². The van der Waals surface area contributed by atoms with Gasteiger partial charge in [-0.3, -0.25) is 4.79 Å². The highest BCUT2D eigenvalue weighted by Gasteiger charge is 2.19. The summed E-state index contributed by atoms with van der Waals surface area (Å²) in [5.74, 6) is -0.0394. The van der Waals surface area contributed by atoms with E-state index in [9.17, 15) is 15.0 Å². The molecule has 0 bridgehead atoms. The molecule has 0 saturated carbocycles. The van der Waals surface area contributed by atoms with E-state index in [4.69, 9.17) is 0 Å². The van der Waals surface area contributed by atoms with Gasteiger partial charge in [-0.25, -0.2) is 0 Å². The van der Waals surface area contributed by atoms with Crippen LogP contribution in [0.5, 0.6) is 0 Å². The van der Waals surface area contributed by atoms with Crippen molar-refractivity contribution >= 4 is 5.91 Å². The molecule has 0 aliphatic rings. The Balaban J connectivity index is 3.35. The van der Waals surface area contributed by atoms with E-state index in [-0.39, 0.29) is 12.5 Å². The fourth-order valence-electron chi connectivity index (χ4n) is 7.25. The zero-order valence-electron chi connectivity index (χ0n) is 37.8. The number of hydrogen-bond donors (Lipinski definition) is 3. The van der Waals surface area contributed by atoms with E-state index >= 15 is 0 Å². The summed E-state index contributed by atoms with van der Waals surface area (Å²) in [7, 11) is 0. The fourth-order valence-corrected chi connectivity index (χ4v) is 7.25. The number of hydrogen-bond acceptors (Lipinski definition) is 3. The first kappa shape index (κ1) is 54.8. The average Bonchev–Trinajstić information content (AvgIpc) is 3.22. The maximum atomic E-state index is 12.3. The summed E-state index contributed by atoms with van der Waals surface area (Å²) in [4.78, 5) is 12.3. The summed E-state index contributed by atoms with van der Waals surface area (Å²) in [5.41, 5.74) is 0. The quantitative estimate of drug-likeness (QED) is 0.0425. The number of carbonyl (C=O) groups excluding carboxylic acids is 1. The van der Waals surface area contributed by atoms with Crippen molar-refractivity contribution in [2.24, 2.45) is 0 Å². The lowest BCUT2D eigenvalue weighted by Gasteiger charge is -2.22. The van der Waals surface area contributed by atoms with Crippen molar-refractivity contribution in [1.82, 2.24) is 5.32 Å². The minimum absolute atomic E-state index is 0.0394. The van der Waals surface area contributed by atoms with Gasteiger partial charge in [0.25, 0.3) is 0 Å². The number of unbranched alkanes of at least 4 members (excludes halogenated alkanes) is 25. The first-order valence-corrected chi connectivity index (χ1v) is 24.6. The zero-order valence-corrected chi connectivity index (χ0v) is 37.8. The van der Waals surface area contributed by atoms with Crippen molar-refractivity contribution in [1.29, 1.82) is 0 Å². The van der Waals surface area contributed by atoms with Gasteiger partial charge >= 0.3 is 0 Å². The largest absolute Gasteiger partial charge is 0.394 e. The summed E-state index contributed by atoms with van der Waals surface area (Å²) in [5, 5.41) is 22.7. The molecule has 0 aromatic carbocycles. The number of aliphatic hydroxyl groups excluding tert-OH is 2. The Labute approximate surface area is 355 Å².